The molecule has 4 N–H and O–H groups in total. The average Bonchev–Trinajstić information content (AvgIpc) is 2.33. The van der Waals surface area contributed by atoms with Crippen molar-refractivity contribution in [3.8, 4) is 0 Å². The molecule has 0 saturated heterocycles. The molecule has 0 radical (unpaired) electrons. The Bertz CT molecular complexity index is 293. The van der Waals surface area contributed by atoms with E-state index >= 15 is 0 Å². The molecule has 0 aliphatic carbocycles. The number of nitrogens with one attached hydrogen (secondary N) is 1. The van der Waals surface area contributed by atoms with Gasteiger partial charge in [0.25, 0.3) is 0 Å². The van der Waals surface area contributed by atoms with Crippen molar-refractivity contribution in [3.63, 3.8) is 0 Å². The third kappa shape index (κ3) is 7.61. The minimum atomic E-state index is -1.16. The molecule has 18 heavy (non-hydrogen) atoms. The van der Waals surface area contributed by atoms with Gasteiger partial charge in [-0.15, -0.1) is 0 Å². The summed E-state index contributed by atoms with van der Waals surface area (Å²) < 4.78 is 4.41. The summed E-state index contributed by atoms with van der Waals surface area (Å²) in [5.74, 6) is -2.01. The second-order valence-electron chi connectivity index (χ2n) is 3.82. The fourth-order valence-electron chi connectivity index (χ4n) is 1.32. The second-order valence-corrected chi connectivity index (χ2v) is 3.82. The van der Waals surface area contributed by atoms with E-state index in [0.717, 1.165) is 0 Å². The Balaban J connectivity index is 4.06. The van der Waals surface area contributed by atoms with Crippen molar-refractivity contribution in [2.75, 3.05) is 13.7 Å². The Hall–Kier alpha value is -1.63. The van der Waals surface area contributed by atoms with E-state index in [-0.39, 0.29) is 25.2 Å². The Morgan fingerprint density at radius 3 is 2.44 bits per heavy atom. The Morgan fingerprint density at radius 1 is 1.28 bits per heavy atom. The van der Waals surface area contributed by atoms with Crippen LogP contribution in [0.15, 0.2) is 0 Å². The minimum Gasteiger partial charge on any atom is -0.480 e. The van der Waals surface area contributed by atoms with Crippen LogP contribution in [0.5, 0.6) is 0 Å². The summed E-state index contributed by atoms with van der Waals surface area (Å²) in [5.41, 5.74) is 5.28. The monoisotopic (exact) mass is 260 g/mol. The summed E-state index contributed by atoms with van der Waals surface area (Å²) in [6.07, 6.45) is 1.54. The Morgan fingerprint density at radius 2 is 1.94 bits per heavy atom. The highest BCUT2D eigenvalue weighted by Crippen LogP contribution is 2.01. The molecule has 0 saturated carbocycles. The fourth-order valence-corrected chi connectivity index (χ4v) is 1.32. The molecule has 104 valence electrons. The van der Waals surface area contributed by atoms with Gasteiger partial charge in [0.15, 0.2) is 0 Å². The molecule has 0 bridgehead atoms. The SMILES string of the molecule is COC(=O)CC[C@@H](NC(=O)CCCCN)C(=O)O. The molecule has 0 rings (SSSR count). The normalized spacial score (nSPS) is 11.7. The number of hydrogen-bond acceptors (Lipinski definition) is 5. The highest BCUT2D eigenvalue weighted by atomic mass is 16.5. The van der Waals surface area contributed by atoms with Crippen LogP contribution in [0.2, 0.25) is 0 Å². The van der Waals surface area contributed by atoms with E-state index < -0.39 is 18.0 Å². The van der Waals surface area contributed by atoms with E-state index in [9.17, 15) is 14.4 Å². The molecule has 0 aliphatic rings. The number of carbonyl (C=O) groups excluding carboxylic acids is 2. The number of carbonyl (C=O) groups is 3. The molecule has 1 amide bonds. The summed E-state index contributed by atoms with van der Waals surface area (Å²) in [5, 5.41) is 11.3. The summed E-state index contributed by atoms with van der Waals surface area (Å²) in [4.78, 5) is 33.2. The predicted molar refractivity (Wildman–Crippen MR) is 63.7 cm³/mol. The van der Waals surface area contributed by atoms with Crippen molar-refractivity contribution in [2.45, 2.75) is 38.1 Å². The zero-order chi connectivity index (χ0) is 14.0. The highest BCUT2D eigenvalue weighted by Gasteiger charge is 2.20. The lowest BCUT2D eigenvalue weighted by Crippen LogP contribution is -2.41. The van der Waals surface area contributed by atoms with E-state index in [0.29, 0.717) is 19.4 Å². The van der Waals surface area contributed by atoms with Crippen molar-refractivity contribution in [3.05, 3.63) is 0 Å². The van der Waals surface area contributed by atoms with Gasteiger partial charge in [-0.2, -0.15) is 0 Å². The maximum Gasteiger partial charge on any atom is 0.326 e. The minimum absolute atomic E-state index is 0.0185. The van der Waals surface area contributed by atoms with E-state index in [1.807, 2.05) is 0 Å². The molecule has 0 aromatic rings. The number of unbranched alkanes of at least 4 members (excludes halogenated alkanes) is 1. The van der Waals surface area contributed by atoms with Gasteiger partial charge in [-0.25, -0.2) is 4.79 Å². The predicted octanol–water partition coefficient (Wildman–Crippen LogP) is -0.362. The summed E-state index contributed by atoms with van der Waals surface area (Å²) in [6, 6.07) is -1.06. The standard InChI is InChI=1S/C11H20N2O5/c1-18-10(15)6-5-8(11(16)17)13-9(14)4-2-3-7-12/h8H,2-7,12H2,1H3,(H,13,14)(H,16,17)/t8-/m1/s1. The van der Waals surface area contributed by atoms with E-state index in [1.165, 1.54) is 7.11 Å². The van der Waals surface area contributed by atoms with Gasteiger partial charge >= 0.3 is 11.9 Å². The third-order valence-corrected chi connectivity index (χ3v) is 2.36. The zero-order valence-electron chi connectivity index (χ0n) is 10.5. The molecule has 0 fully saturated rings. The van der Waals surface area contributed by atoms with E-state index in [2.05, 4.69) is 10.1 Å². The number of nitrogens with two attached hydrogens (primary N) is 1. The van der Waals surface area contributed by atoms with Crippen molar-refractivity contribution >= 4 is 17.8 Å². The summed E-state index contributed by atoms with van der Waals surface area (Å²) in [6.45, 7) is 0.498. The number of ether oxygens (including phenoxy) is 1. The second kappa shape index (κ2) is 9.41. The van der Waals surface area contributed by atoms with Gasteiger partial charge < -0.3 is 20.9 Å². The van der Waals surface area contributed by atoms with E-state index in [1.54, 1.807) is 0 Å². The average molecular weight is 260 g/mol. The van der Waals surface area contributed by atoms with E-state index in [4.69, 9.17) is 10.8 Å². The van der Waals surface area contributed by atoms with Crippen LogP contribution in [0.1, 0.15) is 32.1 Å². The van der Waals surface area contributed by atoms with Crippen LogP contribution in [-0.2, 0) is 19.1 Å². The quantitative estimate of drug-likeness (QED) is 0.385. The molecule has 0 aromatic carbocycles. The number of amides is 1. The zero-order valence-corrected chi connectivity index (χ0v) is 10.5. The van der Waals surface area contributed by atoms with Gasteiger partial charge in [-0.05, 0) is 25.8 Å². The lowest BCUT2D eigenvalue weighted by atomic mass is 10.1. The topological polar surface area (TPSA) is 119 Å². The molecule has 0 aromatic heterocycles. The van der Waals surface area contributed by atoms with Crippen LogP contribution in [0.25, 0.3) is 0 Å². The van der Waals surface area contributed by atoms with Gasteiger partial charge in [0, 0.05) is 12.8 Å². The largest absolute Gasteiger partial charge is 0.480 e. The molecule has 0 unspecified atom stereocenters. The first-order valence-corrected chi connectivity index (χ1v) is 5.80. The van der Waals surface area contributed by atoms with Crippen molar-refractivity contribution in [1.82, 2.24) is 5.32 Å². The third-order valence-electron chi connectivity index (χ3n) is 2.36. The van der Waals surface area contributed by atoms with Crippen LogP contribution in [0.3, 0.4) is 0 Å². The van der Waals surface area contributed by atoms with Gasteiger partial charge in [-0.3, -0.25) is 9.59 Å². The maximum atomic E-state index is 11.4. The number of carboxylic acids is 1. The number of carboxylic acid groups (broad SMARTS) is 1. The lowest BCUT2D eigenvalue weighted by molar-refractivity contribution is -0.144. The van der Waals surface area contributed by atoms with Gasteiger partial charge in [0.1, 0.15) is 6.04 Å². The van der Waals surface area contributed by atoms with Crippen molar-refractivity contribution in [2.24, 2.45) is 5.73 Å². The Kier molecular flexibility index (Phi) is 8.55. The number of hydrogen-bond donors (Lipinski definition) is 3. The Labute approximate surface area is 106 Å². The number of aliphatic carboxylic acids is 1. The lowest BCUT2D eigenvalue weighted by Gasteiger charge is -2.13. The number of esters is 1. The highest BCUT2D eigenvalue weighted by molar-refractivity contribution is 5.83. The van der Waals surface area contributed by atoms with Crippen LogP contribution >= 0.6 is 0 Å². The first kappa shape index (κ1) is 16.4. The first-order chi connectivity index (χ1) is 8.51. The molecular formula is C11H20N2O5. The van der Waals surface area contributed by atoms with Gasteiger partial charge in [0.05, 0.1) is 7.11 Å². The van der Waals surface area contributed by atoms with Gasteiger partial charge in [0.2, 0.25) is 5.91 Å². The number of methoxy groups -OCH3 is 1. The van der Waals surface area contributed by atoms with Crippen molar-refractivity contribution < 1.29 is 24.2 Å². The van der Waals surface area contributed by atoms with Gasteiger partial charge in [-0.1, -0.05) is 0 Å². The molecule has 1 atom stereocenters. The first-order valence-electron chi connectivity index (χ1n) is 5.80. The van der Waals surface area contributed by atoms with Crippen LogP contribution in [0.4, 0.5) is 0 Å². The van der Waals surface area contributed by atoms with Crippen LogP contribution in [-0.4, -0.2) is 42.6 Å². The van der Waals surface area contributed by atoms with Crippen molar-refractivity contribution in [1.29, 1.82) is 0 Å². The molecule has 7 heteroatoms. The summed E-state index contributed by atoms with van der Waals surface area (Å²) in [7, 11) is 1.23. The smallest absolute Gasteiger partial charge is 0.326 e. The number of rotatable bonds is 9. The molecule has 7 nitrogen and oxygen atoms in total. The molecule has 0 spiro atoms. The molecule has 0 aliphatic heterocycles. The summed E-state index contributed by atoms with van der Waals surface area (Å²) >= 11 is 0. The van der Waals surface area contributed by atoms with Crippen LogP contribution < -0.4 is 11.1 Å². The molecular weight excluding hydrogens is 240 g/mol. The fraction of sp³-hybridized carbons (Fsp3) is 0.727. The maximum absolute atomic E-state index is 11.4. The molecule has 0 heterocycles. The van der Waals surface area contributed by atoms with Crippen LogP contribution in [0, 0.1) is 0 Å².